The van der Waals surface area contributed by atoms with E-state index in [-0.39, 0.29) is 6.39 Å². The van der Waals surface area contributed by atoms with E-state index in [0.29, 0.717) is 0 Å². The minimum atomic E-state index is -0.461. The molecule has 10 heteroatoms. The van der Waals surface area contributed by atoms with Gasteiger partial charge in [-0.05, 0) is 92.6 Å². The molecule has 23 heavy (non-hydrogen) atoms. The molecule has 7 radical (unpaired) electrons. The van der Waals surface area contributed by atoms with Gasteiger partial charge in [-0.3, -0.25) is 0 Å². The molecular formula is C13H14B7Br2S. The van der Waals surface area contributed by atoms with E-state index in [0.717, 1.165) is 11.8 Å². The summed E-state index contributed by atoms with van der Waals surface area (Å²) in [5.41, 5.74) is 3.25. The van der Waals surface area contributed by atoms with Gasteiger partial charge in [0.25, 0.3) is 0 Å². The predicted molar refractivity (Wildman–Crippen MR) is 118 cm³/mol. The third kappa shape index (κ3) is 5.17. The molecule has 2 bridgehead atoms. The van der Waals surface area contributed by atoms with E-state index in [1.54, 1.807) is 11.1 Å². The van der Waals surface area contributed by atoms with Crippen LogP contribution in [-0.2, 0) is 0 Å². The van der Waals surface area contributed by atoms with Crippen LogP contribution in [0.1, 0.15) is 55.1 Å². The molecule has 1 saturated carbocycles. The summed E-state index contributed by atoms with van der Waals surface area (Å²) in [6, 6.07) is 6.15. The molecule has 0 aliphatic heterocycles. The molecule has 0 spiro atoms. The Morgan fingerprint density at radius 3 is 1.78 bits per heavy atom. The monoisotopic (exact) mass is 437 g/mol. The Morgan fingerprint density at radius 2 is 1.48 bits per heavy atom. The third-order valence-corrected chi connectivity index (χ3v) is 6.96. The minimum absolute atomic E-state index is 0.148. The van der Waals surface area contributed by atoms with Gasteiger partial charge in [-0.25, -0.2) is 0 Å². The molecule has 0 aromatic heterocycles. The summed E-state index contributed by atoms with van der Waals surface area (Å²) in [6.45, 7) is 0. The van der Waals surface area contributed by atoms with Gasteiger partial charge in [-0.2, -0.15) is 0 Å². The van der Waals surface area contributed by atoms with Crippen LogP contribution in [0.4, 0.5) is 0 Å². The zero-order valence-electron chi connectivity index (χ0n) is 13.1. The number of rotatable bonds is 3. The molecular weight excluding hydrogens is 424 g/mol. The second kappa shape index (κ2) is 9.52. The average molecular weight is 438 g/mol. The molecule has 0 N–H and O–H groups in total. The van der Waals surface area contributed by atoms with Crippen LogP contribution in [0.2, 0.25) is 0 Å². The zero-order valence-corrected chi connectivity index (χ0v) is 17.0. The molecule has 0 saturated heterocycles. The number of hydrogen-bond donors (Lipinski definition) is 0. The molecule has 107 valence electrons. The van der Waals surface area contributed by atoms with Gasteiger partial charge in [0.15, 0.2) is 0 Å². The Hall–Kier alpha value is 0.855. The van der Waals surface area contributed by atoms with E-state index >= 15 is 0 Å². The Bertz CT molecular complexity index is 516. The van der Waals surface area contributed by atoms with Crippen LogP contribution >= 0.6 is 43.9 Å². The van der Waals surface area contributed by atoms with Gasteiger partial charge in [0.05, 0.1) is 0 Å². The first kappa shape index (κ1) is 20.2. The summed E-state index contributed by atoms with van der Waals surface area (Å²) in [5, 5.41) is 0. The summed E-state index contributed by atoms with van der Waals surface area (Å²) in [7, 11) is 16.9. The molecule has 4 rings (SSSR count). The number of benzene rings is 1. The van der Waals surface area contributed by atoms with Crippen LogP contribution in [0.25, 0.3) is 0 Å². The topological polar surface area (TPSA) is 0 Å². The first-order valence-corrected chi connectivity index (χ1v) is 10.0. The van der Waals surface area contributed by atoms with Gasteiger partial charge < -0.3 is 0 Å². The summed E-state index contributed by atoms with van der Waals surface area (Å²) in [6.07, 6.45) is 6.42. The average Bonchev–Trinajstić information content (AvgIpc) is 2.84. The van der Waals surface area contributed by atoms with E-state index in [2.05, 4.69) is 56.0 Å². The predicted octanol–water partition coefficient (Wildman–Crippen LogP) is 3.34. The van der Waals surface area contributed by atoms with Gasteiger partial charge in [0, 0.05) is 8.95 Å². The maximum absolute atomic E-state index is 5.23. The first-order valence-electron chi connectivity index (χ1n) is 7.98. The molecule has 2 atom stereocenters. The van der Waals surface area contributed by atoms with Gasteiger partial charge >= 0.3 is 61.1 Å². The van der Waals surface area contributed by atoms with Crippen molar-refractivity contribution in [1.29, 1.82) is 0 Å². The van der Waals surface area contributed by atoms with Crippen molar-refractivity contribution in [2.24, 2.45) is 0 Å². The van der Waals surface area contributed by atoms with Gasteiger partial charge in [-0.15, -0.1) is 0 Å². The van der Waals surface area contributed by atoms with E-state index in [9.17, 15) is 0 Å². The van der Waals surface area contributed by atoms with Crippen molar-refractivity contribution in [3.8, 4) is 0 Å². The van der Waals surface area contributed by atoms with Gasteiger partial charge in [-0.1, -0.05) is 6.42 Å². The Morgan fingerprint density at radius 1 is 1.00 bits per heavy atom. The van der Waals surface area contributed by atoms with Crippen molar-refractivity contribution >= 4 is 93.0 Å². The van der Waals surface area contributed by atoms with Crippen LogP contribution in [-0.4, -0.2) is 49.1 Å². The van der Waals surface area contributed by atoms with Crippen LogP contribution in [0.5, 0.6) is 0 Å². The van der Waals surface area contributed by atoms with Gasteiger partial charge in [0.2, 0.25) is 0 Å². The molecule has 0 heterocycles. The van der Waals surface area contributed by atoms with Crippen molar-refractivity contribution in [3.63, 3.8) is 0 Å². The number of fused-ring (bicyclic) bond motifs is 3. The standard InChI is InChI=1S/C13H14Br2.B7S/c14-12-6-10-8-2-1-3-9(5-4-8)11(10)7-13(12)15;1-4-7(5-8)6(2)3/h6-9H,1-5H2;. The van der Waals surface area contributed by atoms with Crippen LogP contribution < -0.4 is 0 Å². The quantitative estimate of drug-likeness (QED) is 0.654. The molecule has 0 nitrogen and oxygen atoms in total. The van der Waals surface area contributed by atoms with Crippen LogP contribution in [0.15, 0.2) is 21.1 Å². The Balaban J connectivity index is 0.000000207. The van der Waals surface area contributed by atoms with Crippen molar-refractivity contribution in [2.75, 3.05) is 0 Å². The number of hydrogen-bond acceptors (Lipinski definition) is 1. The van der Waals surface area contributed by atoms with Gasteiger partial charge in [0.1, 0.15) is 0 Å². The second-order valence-electron chi connectivity index (χ2n) is 6.28. The fourth-order valence-corrected chi connectivity index (χ4v) is 4.47. The van der Waals surface area contributed by atoms with Crippen molar-refractivity contribution in [3.05, 3.63) is 32.2 Å². The molecule has 1 fully saturated rings. The normalized spacial score (nSPS) is 21.1. The molecule has 0 amide bonds. The summed E-state index contributed by atoms with van der Waals surface area (Å²) in [5.74, 6) is 1.67. The SMILES string of the molecule is Brc1cc2c(cc1Br)C1CCCC2CC1.[B][B]B(B=S)B([B])[B]. The Labute approximate surface area is 168 Å². The van der Waals surface area contributed by atoms with E-state index in [1.807, 2.05) is 0 Å². The first-order chi connectivity index (χ1) is 11.0. The number of halogens is 2. The summed E-state index contributed by atoms with van der Waals surface area (Å²) < 4.78 is 2.43. The van der Waals surface area contributed by atoms with E-state index in [1.165, 1.54) is 54.2 Å². The van der Waals surface area contributed by atoms with Crippen molar-refractivity contribution in [1.82, 2.24) is 0 Å². The fraction of sp³-hybridized carbons (Fsp3) is 0.538. The molecule has 3 aliphatic rings. The van der Waals surface area contributed by atoms with Crippen LogP contribution in [0.3, 0.4) is 0 Å². The molecule has 1 aromatic rings. The summed E-state index contributed by atoms with van der Waals surface area (Å²) in [4.78, 5) is 0. The van der Waals surface area contributed by atoms with Crippen molar-refractivity contribution < 1.29 is 0 Å². The Kier molecular flexibility index (Phi) is 8.35. The second-order valence-corrected chi connectivity index (χ2v) is 8.26. The third-order valence-electron chi connectivity index (χ3n) is 4.80. The summed E-state index contributed by atoms with van der Waals surface area (Å²) >= 11 is 11.8. The maximum atomic E-state index is 5.23. The van der Waals surface area contributed by atoms with Crippen LogP contribution in [0, 0.1) is 0 Å². The molecule has 3 aliphatic carbocycles. The zero-order chi connectivity index (χ0) is 17.0. The fourth-order valence-electron chi connectivity index (χ4n) is 3.47. The molecule has 1 aromatic carbocycles. The van der Waals surface area contributed by atoms with E-state index in [4.69, 9.17) is 23.2 Å². The molecule has 2 unspecified atom stereocenters. The van der Waals surface area contributed by atoms with Crippen molar-refractivity contribution in [2.45, 2.75) is 43.9 Å². The van der Waals surface area contributed by atoms with E-state index < -0.39 is 6.39 Å².